The molecule has 2 aromatic carbocycles. The second kappa shape index (κ2) is 6.73. The Morgan fingerprint density at radius 1 is 1.11 bits per heavy atom. The van der Waals surface area contributed by atoms with E-state index in [1.807, 2.05) is 48.5 Å². The highest BCUT2D eigenvalue weighted by Gasteiger charge is 2.33. The molecule has 3 heterocycles. The zero-order chi connectivity index (χ0) is 19.1. The number of pyridine rings is 1. The monoisotopic (exact) mass is 372 g/mol. The van der Waals surface area contributed by atoms with Gasteiger partial charge in [0.25, 0.3) is 5.91 Å². The molecule has 5 rings (SSSR count). The van der Waals surface area contributed by atoms with Crippen LogP contribution in [0.2, 0.25) is 0 Å². The number of fused-ring (bicyclic) bond motifs is 2. The van der Waals surface area contributed by atoms with E-state index >= 15 is 0 Å². The first-order valence-electron chi connectivity index (χ1n) is 9.45. The van der Waals surface area contributed by atoms with Crippen LogP contribution in [0, 0.1) is 0 Å². The van der Waals surface area contributed by atoms with Crippen molar-refractivity contribution >= 4 is 27.8 Å². The van der Waals surface area contributed by atoms with E-state index in [2.05, 4.69) is 15.0 Å². The van der Waals surface area contributed by atoms with Crippen LogP contribution in [0.15, 0.2) is 61.1 Å². The van der Waals surface area contributed by atoms with Crippen molar-refractivity contribution in [1.29, 1.82) is 0 Å². The number of aromatic nitrogens is 3. The molecule has 6 nitrogen and oxygen atoms in total. The van der Waals surface area contributed by atoms with Gasteiger partial charge >= 0.3 is 0 Å². The van der Waals surface area contributed by atoms with Gasteiger partial charge in [-0.05, 0) is 41.0 Å². The van der Waals surface area contributed by atoms with Gasteiger partial charge in [-0.15, -0.1) is 0 Å². The molecule has 6 heteroatoms. The van der Waals surface area contributed by atoms with Crippen LogP contribution in [0.25, 0.3) is 21.9 Å². The number of carbonyl (C=O) groups is 1. The Bertz CT molecular complexity index is 1170. The average molecular weight is 372 g/mol. The van der Waals surface area contributed by atoms with Crippen molar-refractivity contribution in [3.63, 3.8) is 0 Å². The smallest absolute Gasteiger partial charge is 0.253 e. The van der Waals surface area contributed by atoms with Crippen LogP contribution in [0.3, 0.4) is 0 Å². The lowest BCUT2D eigenvalue weighted by Gasteiger charge is -2.36. The number of imidazole rings is 1. The summed E-state index contributed by atoms with van der Waals surface area (Å²) in [5.74, 6) is -0.0997. The molecule has 0 saturated carbocycles. The van der Waals surface area contributed by atoms with Crippen LogP contribution in [0.1, 0.15) is 28.3 Å². The van der Waals surface area contributed by atoms with Crippen molar-refractivity contribution < 1.29 is 9.90 Å². The van der Waals surface area contributed by atoms with Gasteiger partial charge in [-0.25, -0.2) is 9.97 Å². The topological polar surface area (TPSA) is 82.1 Å². The summed E-state index contributed by atoms with van der Waals surface area (Å²) >= 11 is 0. The minimum absolute atomic E-state index is 0.0390. The van der Waals surface area contributed by atoms with Gasteiger partial charge in [0.1, 0.15) is 5.52 Å². The number of aromatic amines is 1. The second-order valence-electron chi connectivity index (χ2n) is 7.28. The van der Waals surface area contributed by atoms with Crippen molar-refractivity contribution in [3.05, 3.63) is 72.2 Å². The Kier molecular flexibility index (Phi) is 4.06. The third-order valence-corrected chi connectivity index (χ3v) is 5.62. The van der Waals surface area contributed by atoms with Gasteiger partial charge in [0.15, 0.2) is 5.65 Å². The summed E-state index contributed by atoms with van der Waals surface area (Å²) in [5, 5.41) is 13.0. The van der Waals surface area contributed by atoms with E-state index in [0.29, 0.717) is 25.1 Å². The SMILES string of the molecule is O=C(c1ccc2ccccc2c1)N1CCC(c2ccnc3[nH]cnc23)C(O)C1. The number of hydrogen-bond donors (Lipinski definition) is 2. The summed E-state index contributed by atoms with van der Waals surface area (Å²) in [6.07, 6.45) is 3.40. The number of aliphatic hydroxyl groups is 1. The number of rotatable bonds is 2. The molecule has 2 unspecified atom stereocenters. The summed E-state index contributed by atoms with van der Waals surface area (Å²) in [5.41, 5.74) is 3.15. The molecule has 1 aliphatic rings. The molecule has 1 amide bonds. The van der Waals surface area contributed by atoms with Crippen LogP contribution in [0.5, 0.6) is 0 Å². The van der Waals surface area contributed by atoms with Gasteiger partial charge in [0, 0.05) is 30.8 Å². The molecule has 0 aliphatic carbocycles. The van der Waals surface area contributed by atoms with Crippen molar-refractivity contribution in [2.75, 3.05) is 13.1 Å². The van der Waals surface area contributed by atoms with E-state index in [9.17, 15) is 9.90 Å². The van der Waals surface area contributed by atoms with E-state index in [-0.39, 0.29) is 11.8 Å². The predicted octanol–water partition coefficient (Wildman–Crippen LogP) is 3.10. The number of amides is 1. The van der Waals surface area contributed by atoms with Crippen LogP contribution < -0.4 is 0 Å². The number of hydrogen-bond acceptors (Lipinski definition) is 4. The highest BCUT2D eigenvalue weighted by Crippen LogP contribution is 2.32. The summed E-state index contributed by atoms with van der Waals surface area (Å²) in [6, 6.07) is 15.7. The normalized spacial score (nSPS) is 20.0. The number of nitrogens with zero attached hydrogens (tertiary/aromatic N) is 3. The Morgan fingerprint density at radius 2 is 1.96 bits per heavy atom. The van der Waals surface area contributed by atoms with Crippen LogP contribution in [-0.4, -0.2) is 50.1 Å². The first kappa shape index (κ1) is 16.9. The van der Waals surface area contributed by atoms with Crippen LogP contribution in [0.4, 0.5) is 0 Å². The van der Waals surface area contributed by atoms with E-state index in [1.165, 1.54) is 0 Å². The van der Waals surface area contributed by atoms with Gasteiger partial charge in [0.05, 0.1) is 12.4 Å². The van der Waals surface area contributed by atoms with Gasteiger partial charge in [0.2, 0.25) is 0 Å². The molecule has 0 bridgehead atoms. The first-order valence-corrected chi connectivity index (χ1v) is 9.45. The Labute approximate surface area is 161 Å². The fourth-order valence-corrected chi connectivity index (χ4v) is 4.15. The molecule has 1 fully saturated rings. The van der Waals surface area contributed by atoms with Crippen LogP contribution >= 0.6 is 0 Å². The molecule has 2 N–H and O–H groups in total. The Balaban J connectivity index is 1.37. The minimum Gasteiger partial charge on any atom is -0.391 e. The first-order chi connectivity index (χ1) is 13.7. The Morgan fingerprint density at radius 3 is 2.82 bits per heavy atom. The largest absolute Gasteiger partial charge is 0.391 e. The molecular weight excluding hydrogens is 352 g/mol. The lowest BCUT2D eigenvalue weighted by molar-refractivity contribution is 0.0384. The molecule has 1 aliphatic heterocycles. The molecule has 2 atom stereocenters. The number of β-amino-alcohol motifs (C(OH)–C–C–N with tert-alkyl or cyclic N) is 1. The molecule has 28 heavy (non-hydrogen) atoms. The van der Waals surface area contributed by atoms with E-state index < -0.39 is 6.10 Å². The standard InChI is InChI=1S/C22H20N4O2/c27-19-12-26(22(28)16-6-5-14-3-1-2-4-15(14)11-16)10-8-17(19)18-7-9-23-21-20(18)24-13-25-21/h1-7,9,11,13,17,19,27H,8,10,12H2,(H,23,24,25). The molecule has 140 valence electrons. The quantitative estimate of drug-likeness (QED) is 0.566. The van der Waals surface area contributed by atoms with Gasteiger partial charge in [-0.1, -0.05) is 30.3 Å². The maximum absolute atomic E-state index is 13.0. The molecular formula is C22H20N4O2. The second-order valence-corrected chi connectivity index (χ2v) is 7.28. The number of piperidine rings is 1. The molecule has 4 aromatic rings. The average Bonchev–Trinajstić information content (AvgIpc) is 3.22. The Hall–Kier alpha value is -3.25. The maximum atomic E-state index is 13.0. The summed E-state index contributed by atoms with van der Waals surface area (Å²) in [7, 11) is 0. The van der Waals surface area contributed by atoms with Gasteiger partial charge in [-0.3, -0.25) is 4.79 Å². The molecule has 1 saturated heterocycles. The molecule has 2 aromatic heterocycles. The van der Waals surface area contributed by atoms with Crippen molar-refractivity contribution in [2.45, 2.75) is 18.4 Å². The molecule has 0 spiro atoms. The zero-order valence-corrected chi connectivity index (χ0v) is 15.2. The van der Waals surface area contributed by atoms with Gasteiger partial charge < -0.3 is 15.0 Å². The third kappa shape index (κ3) is 2.82. The summed E-state index contributed by atoms with van der Waals surface area (Å²) in [4.78, 5) is 26.4. The van der Waals surface area contributed by atoms with E-state index in [0.717, 1.165) is 27.5 Å². The number of nitrogens with one attached hydrogen (secondary N) is 1. The third-order valence-electron chi connectivity index (χ3n) is 5.62. The van der Waals surface area contributed by atoms with E-state index in [1.54, 1.807) is 17.4 Å². The number of likely N-dealkylation sites (tertiary alicyclic amines) is 1. The number of benzene rings is 2. The number of aliphatic hydroxyl groups excluding tert-OH is 1. The predicted molar refractivity (Wildman–Crippen MR) is 107 cm³/mol. The van der Waals surface area contributed by atoms with Crippen molar-refractivity contribution in [1.82, 2.24) is 19.9 Å². The lowest BCUT2D eigenvalue weighted by atomic mass is 9.86. The molecule has 0 radical (unpaired) electrons. The number of carbonyl (C=O) groups excluding carboxylic acids is 1. The number of H-pyrrole nitrogens is 1. The summed E-state index contributed by atoms with van der Waals surface area (Å²) < 4.78 is 0. The minimum atomic E-state index is -0.638. The zero-order valence-electron chi connectivity index (χ0n) is 15.2. The van der Waals surface area contributed by atoms with Gasteiger partial charge in [-0.2, -0.15) is 0 Å². The maximum Gasteiger partial charge on any atom is 0.253 e. The fourth-order valence-electron chi connectivity index (χ4n) is 4.15. The highest BCUT2D eigenvalue weighted by atomic mass is 16.3. The summed E-state index contributed by atoms with van der Waals surface area (Å²) in [6.45, 7) is 0.909. The fraction of sp³-hybridized carbons (Fsp3) is 0.227. The van der Waals surface area contributed by atoms with E-state index in [4.69, 9.17) is 0 Å². The van der Waals surface area contributed by atoms with Crippen molar-refractivity contribution in [2.24, 2.45) is 0 Å². The van der Waals surface area contributed by atoms with Crippen LogP contribution in [-0.2, 0) is 0 Å². The lowest BCUT2D eigenvalue weighted by Crippen LogP contribution is -2.45. The highest BCUT2D eigenvalue weighted by molar-refractivity contribution is 5.98. The van der Waals surface area contributed by atoms with Crippen molar-refractivity contribution in [3.8, 4) is 0 Å².